The molecule has 0 aliphatic carbocycles. The van der Waals surface area contributed by atoms with Crippen LogP contribution in [0.4, 0.5) is 11.4 Å². The molecule has 29 heavy (non-hydrogen) atoms. The van der Waals surface area contributed by atoms with E-state index < -0.39 is 15.4 Å². The van der Waals surface area contributed by atoms with Crippen LogP contribution in [0.15, 0.2) is 75.6 Å². The maximum atomic E-state index is 12.2. The molecule has 2 aromatic rings. The number of benzene rings is 2. The standard InChI is InChI=1S/C21H23N3O3S2/c1-15-11-13-22-21(23(15)2)20(29(25,26)27)12-14-24-16-7-3-5-9-18(16)28-19-10-6-4-8-17(19)24/h3-11,13,15,20H,12,14H2,1-2H3,(H,25,26,27). The number of hydrogen-bond donors (Lipinski definition) is 1. The molecule has 0 amide bonds. The van der Waals surface area contributed by atoms with E-state index in [0.717, 1.165) is 21.2 Å². The van der Waals surface area contributed by atoms with Crippen LogP contribution >= 0.6 is 11.8 Å². The van der Waals surface area contributed by atoms with Gasteiger partial charge in [-0.3, -0.25) is 4.55 Å². The van der Waals surface area contributed by atoms with Gasteiger partial charge in [0.1, 0.15) is 11.1 Å². The molecule has 0 saturated heterocycles. The summed E-state index contributed by atoms with van der Waals surface area (Å²) in [7, 11) is -2.52. The second-order valence-corrected chi connectivity index (χ2v) is 9.84. The van der Waals surface area contributed by atoms with E-state index in [1.807, 2.05) is 49.4 Å². The summed E-state index contributed by atoms with van der Waals surface area (Å²) in [6.45, 7) is 2.39. The molecule has 2 aliphatic heterocycles. The molecule has 8 heteroatoms. The molecule has 2 heterocycles. The zero-order valence-electron chi connectivity index (χ0n) is 16.3. The largest absolute Gasteiger partial charge is 0.356 e. The fourth-order valence-electron chi connectivity index (χ4n) is 3.66. The minimum absolute atomic E-state index is 0.0135. The van der Waals surface area contributed by atoms with E-state index in [9.17, 15) is 13.0 Å². The number of likely N-dealkylation sites (N-methyl/N-ethyl adjacent to an activating group) is 1. The zero-order chi connectivity index (χ0) is 20.6. The molecular formula is C21H23N3O3S2. The molecule has 0 fully saturated rings. The van der Waals surface area contributed by atoms with Crippen LogP contribution in [0.2, 0.25) is 0 Å². The van der Waals surface area contributed by atoms with Gasteiger partial charge in [-0.05, 0) is 43.7 Å². The Morgan fingerprint density at radius 2 is 1.69 bits per heavy atom. The van der Waals surface area contributed by atoms with E-state index in [2.05, 4.69) is 22.0 Å². The lowest BCUT2D eigenvalue weighted by Gasteiger charge is -2.35. The van der Waals surface area contributed by atoms with Crippen LogP contribution in [0.25, 0.3) is 0 Å². The first-order valence-corrected chi connectivity index (χ1v) is 11.7. The smallest absolute Gasteiger partial charge is 0.275 e. The van der Waals surface area contributed by atoms with Crippen LogP contribution in [-0.2, 0) is 10.1 Å². The Balaban J connectivity index is 1.67. The van der Waals surface area contributed by atoms with Crippen molar-refractivity contribution >= 4 is 39.1 Å². The Labute approximate surface area is 175 Å². The molecule has 2 aliphatic rings. The van der Waals surface area contributed by atoms with Crippen LogP contribution in [0.3, 0.4) is 0 Å². The first kappa shape index (κ1) is 20.0. The number of hydrogen-bond acceptors (Lipinski definition) is 6. The van der Waals surface area contributed by atoms with Gasteiger partial charge < -0.3 is 9.80 Å². The van der Waals surface area contributed by atoms with E-state index in [-0.39, 0.29) is 12.5 Å². The number of amidine groups is 1. The van der Waals surface area contributed by atoms with Crippen LogP contribution < -0.4 is 4.90 Å². The predicted molar refractivity (Wildman–Crippen MR) is 118 cm³/mol. The summed E-state index contributed by atoms with van der Waals surface area (Å²) in [5.41, 5.74) is 2.08. The highest BCUT2D eigenvalue weighted by Crippen LogP contribution is 2.47. The summed E-state index contributed by atoms with van der Waals surface area (Å²) in [5, 5.41) is -1.09. The summed E-state index contributed by atoms with van der Waals surface area (Å²) < 4.78 is 34.5. The second kappa shape index (κ2) is 7.85. The third-order valence-electron chi connectivity index (χ3n) is 5.34. The molecule has 0 spiro atoms. The summed E-state index contributed by atoms with van der Waals surface area (Å²) in [6.07, 6.45) is 3.72. The van der Waals surface area contributed by atoms with Crippen molar-refractivity contribution in [3.8, 4) is 0 Å². The Bertz CT molecular complexity index is 1040. The molecule has 0 bridgehead atoms. The topological polar surface area (TPSA) is 73.2 Å². The van der Waals surface area contributed by atoms with Gasteiger partial charge in [-0.15, -0.1) is 0 Å². The van der Waals surface area contributed by atoms with Gasteiger partial charge in [-0.2, -0.15) is 8.42 Å². The highest BCUT2D eigenvalue weighted by molar-refractivity contribution is 7.99. The van der Waals surface area contributed by atoms with Gasteiger partial charge in [-0.1, -0.05) is 36.0 Å². The molecular weight excluding hydrogens is 406 g/mol. The van der Waals surface area contributed by atoms with Crippen molar-refractivity contribution < 1.29 is 13.0 Å². The van der Waals surface area contributed by atoms with Gasteiger partial charge in [0.05, 0.1) is 11.4 Å². The number of anilines is 2. The average Bonchev–Trinajstić information content (AvgIpc) is 2.69. The average molecular weight is 430 g/mol. The number of para-hydroxylation sites is 2. The van der Waals surface area contributed by atoms with Gasteiger partial charge in [0, 0.05) is 35.6 Å². The van der Waals surface area contributed by atoms with Gasteiger partial charge in [-0.25, -0.2) is 4.99 Å². The first-order valence-electron chi connectivity index (χ1n) is 9.43. The second-order valence-electron chi connectivity index (χ2n) is 7.16. The summed E-state index contributed by atoms with van der Waals surface area (Å²) in [6, 6.07) is 16.2. The zero-order valence-corrected chi connectivity index (χ0v) is 17.9. The molecule has 0 radical (unpaired) electrons. The monoisotopic (exact) mass is 429 g/mol. The molecule has 2 aromatic carbocycles. The Morgan fingerprint density at radius 1 is 1.10 bits per heavy atom. The highest BCUT2D eigenvalue weighted by Gasteiger charge is 2.34. The minimum atomic E-state index is -4.31. The number of nitrogens with zero attached hydrogens (tertiary/aromatic N) is 3. The molecule has 1 N–H and O–H groups in total. The van der Waals surface area contributed by atoms with E-state index in [1.54, 1.807) is 29.9 Å². The number of fused-ring (bicyclic) bond motifs is 2. The predicted octanol–water partition coefficient (Wildman–Crippen LogP) is 4.18. The van der Waals surface area contributed by atoms with E-state index in [1.165, 1.54) is 0 Å². The van der Waals surface area contributed by atoms with Crippen molar-refractivity contribution in [2.75, 3.05) is 18.5 Å². The molecule has 6 nitrogen and oxygen atoms in total. The summed E-state index contributed by atoms with van der Waals surface area (Å²) >= 11 is 1.70. The quantitative estimate of drug-likeness (QED) is 0.719. The maximum absolute atomic E-state index is 12.2. The van der Waals surface area contributed by atoms with Crippen molar-refractivity contribution in [3.63, 3.8) is 0 Å². The molecule has 0 saturated carbocycles. The highest BCUT2D eigenvalue weighted by atomic mass is 32.2. The van der Waals surface area contributed by atoms with E-state index in [4.69, 9.17) is 0 Å². The van der Waals surface area contributed by atoms with Crippen LogP contribution in [0, 0.1) is 0 Å². The Hall–Kier alpha value is -2.29. The van der Waals surface area contributed by atoms with Gasteiger partial charge in [0.25, 0.3) is 10.1 Å². The summed E-state index contributed by atoms with van der Waals surface area (Å²) in [4.78, 5) is 10.5. The lowest BCUT2D eigenvalue weighted by molar-refractivity contribution is 0.423. The summed E-state index contributed by atoms with van der Waals surface area (Å²) in [5.74, 6) is 0.371. The minimum Gasteiger partial charge on any atom is -0.356 e. The molecule has 2 unspecified atom stereocenters. The SMILES string of the molecule is CC1C=CN=C(C(CCN2c3ccccc3Sc3ccccc32)S(=O)(=O)O)N1C. The lowest BCUT2D eigenvalue weighted by atomic mass is 10.1. The van der Waals surface area contributed by atoms with Crippen molar-refractivity contribution in [2.45, 2.75) is 34.4 Å². The molecule has 2 atom stereocenters. The first-order chi connectivity index (χ1) is 13.9. The van der Waals surface area contributed by atoms with Crippen LogP contribution in [-0.4, -0.2) is 48.6 Å². The van der Waals surface area contributed by atoms with E-state index >= 15 is 0 Å². The fourth-order valence-corrected chi connectivity index (χ4v) is 5.66. The Morgan fingerprint density at radius 3 is 2.28 bits per heavy atom. The normalized spacial score (nSPS) is 19.4. The Kier molecular flexibility index (Phi) is 5.42. The third kappa shape index (κ3) is 3.92. The number of aliphatic imine (C=N–C) groups is 1. The van der Waals surface area contributed by atoms with Gasteiger partial charge in [0.2, 0.25) is 0 Å². The van der Waals surface area contributed by atoms with Crippen molar-refractivity contribution in [2.24, 2.45) is 4.99 Å². The van der Waals surface area contributed by atoms with Crippen molar-refractivity contribution in [1.29, 1.82) is 0 Å². The molecule has 4 rings (SSSR count). The molecule has 0 aromatic heterocycles. The van der Waals surface area contributed by atoms with Gasteiger partial charge >= 0.3 is 0 Å². The van der Waals surface area contributed by atoms with Crippen molar-refractivity contribution in [1.82, 2.24) is 4.90 Å². The number of rotatable bonds is 5. The lowest BCUT2D eigenvalue weighted by Crippen LogP contribution is -2.46. The van der Waals surface area contributed by atoms with Crippen LogP contribution in [0.1, 0.15) is 13.3 Å². The van der Waals surface area contributed by atoms with Crippen LogP contribution in [0.5, 0.6) is 0 Å². The third-order valence-corrected chi connectivity index (χ3v) is 7.63. The van der Waals surface area contributed by atoms with E-state index in [0.29, 0.717) is 12.4 Å². The molecule has 152 valence electrons. The van der Waals surface area contributed by atoms with Gasteiger partial charge in [0.15, 0.2) is 0 Å². The fraction of sp³-hybridized carbons (Fsp3) is 0.286. The van der Waals surface area contributed by atoms with Crippen molar-refractivity contribution in [3.05, 3.63) is 60.8 Å². The maximum Gasteiger partial charge on any atom is 0.275 e.